The Kier molecular flexibility index (Phi) is 9.00. The number of carbonyl (C=O) groups is 2. The molecule has 0 saturated heterocycles. The van der Waals surface area contributed by atoms with E-state index < -0.39 is 5.60 Å². The van der Waals surface area contributed by atoms with E-state index in [0.717, 1.165) is 31.5 Å². The zero-order chi connectivity index (χ0) is 23.0. The highest BCUT2D eigenvalue weighted by Gasteiger charge is 2.30. The summed E-state index contributed by atoms with van der Waals surface area (Å²) in [4.78, 5) is 35.4. The molecule has 2 aliphatic carbocycles. The monoisotopic (exact) mass is 446 g/mol. The Bertz CT molecular complexity index is 701. The number of carbonyl (C=O) groups excluding carboxylic acids is 2. The van der Waals surface area contributed by atoms with Crippen LogP contribution in [0.25, 0.3) is 0 Å². The van der Waals surface area contributed by atoms with Gasteiger partial charge in [-0.15, -0.1) is 0 Å². The van der Waals surface area contributed by atoms with Gasteiger partial charge in [0.15, 0.2) is 0 Å². The van der Waals surface area contributed by atoms with Gasteiger partial charge < -0.3 is 19.9 Å². The summed E-state index contributed by atoms with van der Waals surface area (Å²) in [6.07, 6.45) is 15.9. The van der Waals surface area contributed by atoms with Gasteiger partial charge in [0.2, 0.25) is 5.91 Å². The minimum absolute atomic E-state index is 0.0223. The van der Waals surface area contributed by atoms with E-state index in [-0.39, 0.29) is 24.1 Å². The Labute approximate surface area is 193 Å². The molecular weight excluding hydrogens is 404 g/mol. The van der Waals surface area contributed by atoms with Crippen LogP contribution in [0.3, 0.4) is 0 Å². The van der Waals surface area contributed by atoms with Gasteiger partial charge in [0, 0.05) is 30.9 Å². The maximum absolute atomic E-state index is 13.4. The number of hydrogen-bond acceptors (Lipinski definition) is 4. The predicted molar refractivity (Wildman–Crippen MR) is 125 cm³/mol. The maximum atomic E-state index is 13.4. The number of amides is 2. The smallest absolute Gasteiger partial charge is 0.407 e. The Hall–Kier alpha value is -2.05. The second kappa shape index (κ2) is 11.7. The quantitative estimate of drug-likeness (QED) is 0.565. The molecule has 7 nitrogen and oxygen atoms in total. The molecule has 1 heterocycles. The van der Waals surface area contributed by atoms with Crippen molar-refractivity contribution in [3.05, 3.63) is 18.2 Å². The first kappa shape index (κ1) is 24.6. The zero-order valence-electron chi connectivity index (χ0n) is 20.2. The van der Waals surface area contributed by atoms with Crippen molar-refractivity contribution < 1.29 is 14.3 Å². The lowest BCUT2D eigenvalue weighted by atomic mass is 9.82. The number of H-pyrrole nitrogens is 1. The third-order valence-corrected chi connectivity index (χ3v) is 6.80. The molecule has 0 radical (unpaired) electrons. The van der Waals surface area contributed by atoms with Crippen LogP contribution >= 0.6 is 0 Å². The molecule has 0 aliphatic heterocycles. The van der Waals surface area contributed by atoms with Crippen LogP contribution in [-0.4, -0.2) is 44.6 Å². The van der Waals surface area contributed by atoms with E-state index in [1.54, 1.807) is 6.20 Å². The van der Waals surface area contributed by atoms with E-state index in [4.69, 9.17) is 4.74 Å². The van der Waals surface area contributed by atoms with Crippen molar-refractivity contribution in [2.45, 2.75) is 122 Å². The molecule has 2 N–H and O–H groups in total. The van der Waals surface area contributed by atoms with E-state index >= 15 is 0 Å². The number of imidazole rings is 1. The normalized spacial score (nSPS) is 19.3. The van der Waals surface area contributed by atoms with Crippen molar-refractivity contribution in [1.82, 2.24) is 20.2 Å². The summed E-state index contributed by atoms with van der Waals surface area (Å²) in [6.45, 7) is 6.16. The average molecular weight is 447 g/mol. The summed E-state index contributed by atoms with van der Waals surface area (Å²) in [5.74, 6) is 1.41. The minimum Gasteiger partial charge on any atom is -0.444 e. The fourth-order valence-electron chi connectivity index (χ4n) is 5.20. The van der Waals surface area contributed by atoms with Crippen LogP contribution < -0.4 is 5.32 Å². The van der Waals surface area contributed by atoms with Crippen LogP contribution in [-0.2, 0) is 16.1 Å². The fraction of sp³-hybridized carbons (Fsp3) is 0.800. The summed E-state index contributed by atoms with van der Waals surface area (Å²) < 4.78 is 5.52. The SMILES string of the molecule is CC(C)(C)OC(=O)NC(CCC(=O)N(Cc1ncc[nH]1)C1CCCCC1)C1CCCCC1. The molecule has 0 bridgehead atoms. The van der Waals surface area contributed by atoms with Gasteiger partial charge in [-0.1, -0.05) is 38.5 Å². The highest BCUT2D eigenvalue weighted by Crippen LogP contribution is 2.30. The van der Waals surface area contributed by atoms with Crippen molar-refractivity contribution in [2.75, 3.05) is 0 Å². The van der Waals surface area contributed by atoms with Gasteiger partial charge in [0.25, 0.3) is 0 Å². The fourth-order valence-corrected chi connectivity index (χ4v) is 5.20. The summed E-state index contributed by atoms with van der Waals surface area (Å²) in [6, 6.07) is 0.263. The first-order valence-electron chi connectivity index (χ1n) is 12.6. The molecular formula is C25H42N4O3. The van der Waals surface area contributed by atoms with E-state index in [0.29, 0.717) is 25.3 Å². The highest BCUT2D eigenvalue weighted by atomic mass is 16.6. The largest absolute Gasteiger partial charge is 0.444 e. The van der Waals surface area contributed by atoms with Crippen LogP contribution in [0, 0.1) is 5.92 Å². The summed E-state index contributed by atoms with van der Waals surface area (Å²) in [5.41, 5.74) is -0.530. The number of alkyl carbamates (subject to hydrolysis) is 1. The van der Waals surface area contributed by atoms with Crippen molar-refractivity contribution >= 4 is 12.0 Å². The molecule has 2 aliphatic rings. The van der Waals surface area contributed by atoms with E-state index in [1.807, 2.05) is 31.9 Å². The molecule has 0 aromatic carbocycles. The number of ether oxygens (including phenoxy) is 1. The molecule has 2 amide bonds. The Morgan fingerprint density at radius 2 is 1.78 bits per heavy atom. The molecule has 180 valence electrons. The molecule has 2 fully saturated rings. The molecule has 1 aromatic heterocycles. The molecule has 1 aromatic rings. The van der Waals surface area contributed by atoms with Gasteiger partial charge >= 0.3 is 6.09 Å². The van der Waals surface area contributed by atoms with Crippen molar-refractivity contribution in [2.24, 2.45) is 5.92 Å². The lowest BCUT2D eigenvalue weighted by Gasteiger charge is -2.35. The number of rotatable bonds is 8. The first-order valence-corrected chi connectivity index (χ1v) is 12.6. The Morgan fingerprint density at radius 1 is 1.12 bits per heavy atom. The Morgan fingerprint density at radius 3 is 2.38 bits per heavy atom. The third-order valence-electron chi connectivity index (χ3n) is 6.80. The second-order valence-corrected chi connectivity index (χ2v) is 10.5. The van der Waals surface area contributed by atoms with E-state index in [9.17, 15) is 9.59 Å². The second-order valence-electron chi connectivity index (χ2n) is 10.5. The average Bonchev–Trinajstić information content (AvgIpc) is 3.28. The molecule has 2 saturated carbocycles. The van der Waals surface area contributed by atoms with Gasteiger partial charge in [0.1, 0.15) is 11.4 Å². The standard InChI is InChI=1S/C25H42N4O3/c1-25(2,3)32-24(31)28-21(19-10-6-4-7-11-19)14-15-23(30)29(18-22-26-16-17-27-22)20-12-8-5-9-13-20/h16-17,19-21H,4-15,18H2,1-3H3,(H,26,27)(H,28,31). The van der Waals surface area contributed by atoms with Crippen molar-refractivity contribution in [1.29, 1.82) is 0 Å². The van der Waals surface area contributed by atoms with Gasteiger partial charge in [-0.05, 0) is 58.8 Å². The van der Waals surface area contributed by atoms with Crippen LogP contribution in [0.4, 0.5) is 4.79 Å². The topological polar surface area (TPSA) is 87.3 Å². The van der Waals surface area contributed by atoms with E-state index in [2.05, 4.69) is 15.3 Å². The number of nitrogens with one attached hydrogen (secondary N) is 2. The summed E-state index contributed by atoms with van der Waals surface area (Å²) in [5, 5.41) is 3.11. The summed E-state index contributed by atoms with van der Waals surface area (Å²) >= 11 is 0. The molecule has 3 rings (SSSR count). The molecule has 32 heavy (non-hydrogen) atoms. The van der Waals surface area contributed by atoms with Crippen molar-refractivity contribution in [3.8, 4) is 0 Å². The number of nitrogens with zero attached hydrogens (tertiary/aromatic N) is 2. The molecule has 1 unspecified atom stereocenters. The zero-order valence-corrected chi connectivity index (χ0v) is 20.2. The lowest BCUT2D eigenvalue weighted by molar-refractivity contribution is -0.135. The van der Waals surface area contributed by atoms with Crippen LogP contribution in [0.2, 0.25) is 0 Å². The number of aromatic amines is 1. The third kappa shape index (κ3) is 7.82. The Balaban J connectivity index is 1.64. The van der Waals surface area contributed by atoms with E-state index in [1.165, 1.54) is 38.5 Å². The molecule has 7 heteroatoms. The minimum atomic E-state index is -0.530. The number of aromatic nitrogens is 2. The van der Waals surface area contributed by atoms with Gasteiger partial charge in [0.05, 0.1) is 6.54 Å². The maximum Gasteiger partial charge on any atom is 0.407 e. The van der Waals surface area contributed by atoms with Crippen molar-refractivity contribution in [3.63, 3.8) is 0 Å². The molecule has 1 atom stereocenters. The predicted octanol–water partition coefficient (Wildman–Crippen LogP) is 5.32. The van der Waals surface area contributed by atoms with Crippen LogP contribution in [0.5, 0.6) is 0 Å². The van der Waals surface area contributed by atoms with Crippen LogP contribution in [0.15, 0.2) is 12.4 Å². The van der Waals surface area contributed by atoms with Crippen LogP contribution in [0.1, 0.15) is 104 Å². The molecule has 0 spiro atoms. The van der Waals surface area contributed by atoms with Gasteiger partial charge in [-0.3, -0.25) is 4.79 Å². The summed E-state index contributed by atoms with van der Waals surface area (Å²) in [7, 11) is 0. The van der Waals surface area contributed by atoms with Gasteiger partial charge in [-0.2, -0.15) is 0 Å². The van der Waals surface area contributed by atoms with Gasteiger partial charge in [-0.25, -0.2) is 9.78 Å². The highest BCUT2D eigenvalue weighted by molar-refractivity contribution is 5.76. The lowest BCUT2D eigenvalue weighted by Crippen LogP contribution is -2.45. The first-order chi connectivity index (χ1) is 15.3. The number of hydrogen-bond donors (Lipinski definition) is 2.